The van der Waals surface area contributed by atoms with E-state index >= 15 is 0 Å². The van der Waals surface area contributed by atoms with Crippen molar-refractivity contribution in [3.8, 4) is 5.75 Å². The number of phenols is 1. The van der Waals surface area contributed by atoms with Crippen molar-refractivity contribution >= 4 is 12.1 Å². The highest BCUT2D eigenvalue weighted by Gasteiger charge is 2.05. The van der Waals surface area contributed by atoms with Crippen LogP contribution in [0.25, 0.3) is 0 Å². The van der Waals surface area contributed by atoms with Crippen molar-refractivity contribution in [1.82, 2.24) is 10.4 Å². The van der Waals surface area contributed by atoms with Gasteiger partial charge in [0.1, 0.15) is 11.4 Å². The molecule has 1 aromatic carbocycles. The van der Waals surface area contributed by atoms with Crippen molar-refractivity contribution in [2.45, 2.75) is 6.42 Å². The topological polar surface area (TPSA) is 74.6 Å². The van der Waals surface area contributed by atoms with E-state index in [-0.39, 0.29) is 11.4 Å². The lowest BCUT2D eigenvalue weighted by molar-refractivity contribution is 0.0950. The summed E-state index contributed by atoms with van der Waals surface area (Å²) < 4.78 is 0. The summed E-state index contributed by atoms with van der Waals surface area (Å²) in [4.78, 5) is 15.6. The molecule has 0 saturated heterocycles. The Morgan fingerprint density at radius 1 is 1.33 bits per heavy atom. The molecule has 1 amide bonds. The lowest BCUT2D eigenvalue weighted by atomic mass is 10.1. The molecule has 0 fully saturated rings. The zero-order valence-electron chi connectivity index (χ0n) is 11.4. The number of para-hydroxylation sites is 1. The fourth-order valence-electron chi connectivity index (χ4n) is 1.75. The predicted octanol–water partition coefficient (Wildman–Crippen LogP) is 2.28. The number of carbonyl (C=O) groups is 1. The first-order chi connectivity index (χ1) is 10.2. The molecule has 1 heterocycles. The number of amides is 1. The first kappa shape index (κ1) is 14.5. The quantitative estimate of drug-likeness (QED) is 0.501. The van der Waals surface area contributed by atoms with Crippen molar-refractivity contribution in [2.24, 2.45) is 5.10 Å². The van der Waals surface area contributed by atoms with Gasteiger partial charge in [-0.15, -0.1) is 6.58 Å². The second-order valence-electron chi connectivity index (χ2n) is 4.26. The summed E-state index contributed by atoms with van der Waals surface area (Å²) in [5.74, 6) is -0.276. The van der Waals surface area contributed by atoms with E-state index in [1.54, 1.807) is 42.5 Å². The average molecular weight is 281 g/mol. The number of nitrogens with one attached hydrogen (secondary N) is 1. The smallest absolute Gasteiger partial charge is 0.289 e. The Bertz CT molecular complexity index is 666. The number of aromatic hydroxyl groups is 1. The highest BCUT2D eigenvalue weighted by Crippen LogP contribution is 2.21. The van der Waals surface area contributed by atoms with Gasteiger partial charge >= 0.3 is 0 Å². The zero-order valence-corrected chi connectivity index (χ0v) is 11.4. The first-order valence-electron chi connectivity index (χ1n) is 6.38. The number of phenolic OH excluding ortho intramolecular Hbond substituents is 1. The molecule has 0 bridgehead atoms. The minimum atomic E-state index is -0.409. The molecule has 0 aliphatic carbocycles. The van der Waals surface area contributed by atoms with Gasteiger partial charge in [0.2, 0.25) is 0 Å². The van der Waals surface area contributed by atoms with Gasteiger partial charge in [0.15, 0.2) is 0 Å². The summed E-state index contributed by atoms with van der Waals surface area (Å²) in [7, 11) is 0. The first-order valence-corrected chi connectivity index (χ1v) is 6.38. The minimum absolute atomic E-state index is 0.133. The van der Waals surface area contributed by atoms with Gasteiger partial charge in [-0.05, 0) is 30.2 Å². The van der Waals surface area contributed by atoms with Gasteiger partial charge in [-0.3, -0.25) is 9.78 Å². The summed E-state index contributed by atoms with van der Waals surface area (Å²) in [5.41, 5.74) is 3.92. The minimum Gasteiger partial charge on any atom is -0.507 e. The fraction of sp³-hybridized carbons (Fsp3) is 0.0625. The van der Waals surface area contributed by atoms with Crippen LogP contribution in [0.1, 0.15) is 21.6 Å². The van der Waals surface area contributed by atoms with Gasteiger partial charge in [-0.25, -0.2) is 5.43 Å². The molecule has 0 spiro atoms. The molecule has 0 atom stereocenters. The second-order valence-corrected chi connectivity index (χ2v) is 4.26. The third-order valence-corrected chi connectivity index (χ3v) is 2.78. The lowest BCUT2D eigenvalue weighted by Crippen LogP contribution is -2.18. The number of aromatic nitrogens is 1. The van der Waals surface area contributed by atoms with Crippen LogP contribution in [0.2, 0.25) is 0 Å². The van der Waals surface area contributed by atoms with Crippen molar-refractivity contribution in [1.29, 1.82) is 0 Å². The third kappa shape index (κ3) is 3.76. The van der Waals surface area contributed by atoms with Crippen LogP contribution in [0.3, 0.4) is 0 Å². The molecule has 5 nitrogen and oxygen atoms in total. The van der Waals surface area contributed by atoms with E-state index in [2.05, 4.69) is 22.1 Å². The van der Waals surface area contributed by atoms with E-state index in [4.69, 9.17) is 0 Å². The number of hydrogen-bond acceptors (Lipinski definition) is 4. The number of nitrogens with zero attached hydrogens (tertiary/aromatic N) is 2. The van der Waals surface area contributed by atoms with Gasteiger partial charge in [0.25, 0.3) is 5.91 Å². The fourth-order valence-corrected chi connectivity index (χ4v) is 1.75. The Morgan fingerprint density at radius 2 is 2.19 bits per heavy atom. The van der Waals surface area contributed by atoms with Gasteiger partial charge in [0, 0.05) is 11.8 Å². The van der Waals surface area contributed by atoms with E-state index in [9.17, 15) is 9.90 Å². The van der Waals surface area contributed by atoms with Gasteiger partial charge in [0.05, 0.1) is 6.21 Å². The molecule has 2 aromatic rings. The van der Waals surface area contributed by atoms with Gasteiger partial charge in [-0.1, -0.05) is 24.3 Å². The molecule has 106 valence electrons. The van der Waals surface area contributed by atoms with E-state index in [1.165, 1.54) is 12.4 Å². The molecule has 0 saturated carbocycles. The number of pyridine rings is 1. The molecule has 0 aliphatic rings. The summed E-state index contributed by atoms with van der Waals surface area (Å²) in [6.07, 6.45) is 5.19. The van der Waals surface area contributed by atoms with Crippen molar-refractivity contribution < 1.29 is 9.90 Å². The molecule has 1 aromatic heterocycles. The van der Waals surface area contributed by atoms with Crippen molar-refractivity contribution in [3.63, 3.8) is 0 Å². The van der Waals surface area contributed by atoms with Crippen LogP contribution in [0, 0.1) is 0 Å². The summed E-state index contributed by atoms with van der Waals surface area (Å²) >= 11 is 0. The van der Waals surface area contributed by atoms with Crippen LogP contribution in [-0.4, -0.2) is 22.2 Å². The van der Waals surface area contributed by atoms with Crippen LogP contribution in [-0.2, 0) is 6.42 Å². The van der Waals surface area contributed by atoms with E-state index in [1.807, 2.05) is 0 Å². The highest BCUT2D eigenvalue weighted by molar-refractivity contribution is 5.93. The Balaban J connectivity index is 2.07. The van der Waals surface area contributed by atoms with Crippen LogP contribution < -0.4 is 5.43 Å². The SMILES string of the molecule is C=CCc1cccc(C=NNC(=O)c2ccccn2)c1O. The Kier molecular flexibility index (Phi) is 4.82. The lowest BCUT2D eigenvalue weighted by Gasteiger charge is -2.04. The molecule has 2 rings (SSSR count). The number of rotatable bonds is 5. The third-order valence-electron chi connectivity index (χ3n) is 2.78. The van der Waals surface area contributed by atoms with Crippen LogP contribution in [0.4, 0.5) is 0 Å². The predicted molar refractivity (Wildman–Crippen MR) is 81.3 cm³/mol. The average Bonchev–Trinajstić information content (AvgIpc) is 2.52. The van der Waals surface area contributed by atoms with Gasteiger partial charge in [-0.2, -0.15) is 5.10 Å². The molecule has 0 aliphatic heterocycles. The van der Waals surface area contributed by atoms with Crippen LogP contribution >= 0.6 is 0 Å². The van der Waals surface area contributed by atoms with Gasteiger partial charge < -0.3 is 5.11 Å². The van der Waals surface area contributed by atoms with Crippen molar-refractivity contribution in [3.05, 3.63) is 72.1 Å². The Hall–Kier alpha value is -2.95. The van der Waals surface area contributed by atoms with E-state index in [0.717, 1.165) is 5.56 Å². The maximum absolute atomic E-state index is 11.7. The number of allylic oxidation sites excluding steroid dienone is 1. The molecule has 2 N–H and O–H groups in total. The zero-order chi connectivity index (χ0) is 15.1. The molecule has 5 heteroatoms. The molecule has 0 unspecified atom stereocenters. The molecular weight excluding hydrogens is 266 g/mol. The molecule has 21 heavy (non-hydrogen) atoms. The summed E-state index contributed by atoms with van der Waals surface area (Å²) in [6.45, 7) is 3.64. The summed E-state index contributed by atoms with van der Waals surface area (Å²) in [6, 6.07) is 10.4. The van der Waals surface area contributed by atoms with Crippen LogP contribution in [0.5, 0.6) is 5.75 Å². The van der Waals surface area contributed by atoms with E-state index in [0.29, 0.717) is 12.0 Å². The highest BCUT2D eigenvalue weighted by atomic mass is 16.3. The normalized spacial score (nSPS) is 10.5. The number of hydrogen-bond donors (Lipinski definition) is 2. The number of carbonyl (C=O) groups excluding carboxylic acids is 1. The van der Waals surface area contributed by atoms with E-state index < -0.39 is 5.91 Å². The Labute approximate surface area is 122 Å². The molecular formula is C16H15N3O2. The Morgan fingerprint density at radius 3 is 2.90 bits per heavy atom. The maximum Gasteiger partial charge on any atom is 0.289 e. The van der Waals surface area contributed by atoms with Crippen molar-refractivity contribution in [2.75, 3.05) is 0 Å². The summed E-state index contributed by atoms with van der Waals surface area (Å²) in [5, 5.41) is 13.9. The number of benzene rings is 1. The molecule has 0 radical (unpaired) electrons. The maximum atomic E-state index is 11.7. The second kappa shape index (κ2) is 7.00. The largest absolute Gasteiger partial charge is 0.507 e. The number of hydrazone groups is 1. The monoisotopic (exact) mass is 281 g/mol. The standard InChI is InChI=1S/C16H15N3O2/c1-2-6-12-7-5-8-13(15(12)20)11-18-19-16(21)14-9-3-4-10-17-14/h2-5,7-11,20H,1,6H2,(H,19,21). The van der Waals surface area contributed by atoms with Crippen LogP contribution in [0.15, 0.2) is 60.4 Å².